The van der Waals surface area contributed by atoms with Crippen LogP contribution >= 0.6 is 0 Å². The van der Waals surface area contributed by atoms with Crippen LogP contribution < -0.4 is 0 Å². The van der Waals surface area contributed by atoms with Crippen molar-refractivity contribution in [2.24, 2.45) is 0 Å². The van der Waals surface area contributed by atoms with Crippen molar-refractivity contribution in [2.75, 3.05) is 0 Å². The second kappa shape index (κ2) is 5.12. The summed E-state index contributed by atoms with van der Waals surface area (Å²) in [7, 11) is 0. The molecule has 102 valence electrons. The Bertz CT molecular complexity index is 593. The summed E-state index contributed by atoms with van der Waals surface area (Å²) in [4.78, 5) is 14.7. The van der Waals surface area contributed by atoms with Crippen LogP contribution in [0.2, 0.25) is 0 Å². The number of rotatable bonds is 5. The Balaban J connectivity index is 2.33. The number of alkyl halides is 2. The molecule has 9 heteroatoms. The van der Waals surface area contributed by atoms with Crippen molar-refractivity contribution in [3.05, 3.63) is 29.6 Å². The molecule has 0 aliphatic carbocycles. The lowest BCUT2D eigenvalue weighted by Gasteiger charge is -2.07. The van der Waals surface area contributed by atoms with Crippen LogP contribution in [0.5, 0.6) is 0 Å². The average Bonchev–Trinajstić information content (AvgIpc) is 2.95. The van der Waals surface area contributed by atoms with Gasteiger partial charge in [0.1, 0.15) is 12.4 Å². The van der Waals surface area contributed by atoms with Crippen LogP contribution in [0, 0.1) is 0 Å². The summed E-state index contributed by atoms with van der Waals surface area (Å²) in [6.07, 6.45) is 2.78. The smallest absolute Gasteiger partial charge is 0.358 e. The first-order valence-electron chi connectivity index (χ1n) is 5.50. The summed E-state index contributed by atoms with van der Waals surface area (Å²) in [6.45, 7) is -1.02. The van der Waals surface area contributed by atoms with Gasteiger partial charge >= 0.3 is 12.5 Å². The van der Waals surface area contributed by atoms with Crippen LogP contribution in [-0.2, 0) is 13.0 Å². The highest BCUT2D eigenvalue weighted by Crippen LogP contribution is 2.14. The van der Waals surface area contributed by atoms with E-state index in [1.165, 1.54) is 10.9 Å². The molecular weight excluding hydrogens is 260 g/mol. The number of carbonyl (C=O) groups is 1. The molecule has 0 saturated carbocycles. The molecule has 0 aliphatic heterocycles. The van der Waals surface area contributed by atoms with Crippen molar-refractivity contribution >= 4 is 5.97 Å². The highest BCUT2D eigenvalue weighted by Gasteiger charge is 2.19. The van der Waals surface area contributed by atoms with E-state index in [1.807, 2.05) is 0 Å². The minimum Gasteiger partial charge on any atom is -0.476 e. The summed E-state index contributed by atoms with van der Waals surface area (Å²) in [5, 5.41) is 16.1. The zero-order valence-electron chi connectivity index (χ0n) is 9.99. The molecule has 0 spiro atoms. The quantitative estimate of drug-likeness (QED) is 0.882. The van der Waals surface area contributed by atoms with E-state index in [4.69, 9.17) is 5.11 Å². The summed E-state index contributed by atoms with van der Waals surface area (Å²) < 4.78 is 27.3. The van der Waals surface area contributed by atoms with Crippen LogP contribution in [0.4, 0.5) is 8.78 Å². The minimum absolute atomic E-state index is 0.0548. The predicted octanol–water partition coefficient (Wildman–Crippen LogP) is 1.18. The van der Waals surface area contributed by atoms with Gasteiger partial charge in [0, 0.05) is 12.4 Å². The molecule has 0 unspecified atom stereocenters. The van der Waals surface area contributed by atoms with Gasteiger partial charge in [-0.3, -0.25) is 4.57 Å². The molecule has 1 N–H and O–H groups in total. The molecule has 2 aromatic heterocycles. The van der Waals surface area contributed by atoms with Gasteiger partial charge in [0.25, 0.3) is 0 Å². The number of imidazole rings is 1. The molecule has 0 saturated heterocycles. The van der Waals surface area contributed by atoms with E-state index in [1.54, 1.807) is 6.92 Å². The van der Waals surface area contributed by atoms with Crippen molar-refractivity contribution in [3.63, 3.8) is 0 Å². The van der Waals surface area contributed by atoms with Gasteiger partial charge in [0.15, 0.2) is 5.69 Å². The molecule has 0 radical (unpaired) electrons. The van der Waals surface area contributed by atoms with Crippen LogP contribution in [0.3, 0.4) is 0 Å². The molecule has 0 aromatic carbocycles. The maximum Gasteiger partial charge on any atom is 0.358 e. The number of aromatic nitrogens is 5. The van der Waals surface area contributed by atoms with Crippen molar-refractivity contribution in [3.8, 4) is 0 Å². The number of aromatic carboxylic acids is 1. The summed E-state index contributed by atoms with van der Waals surface area (Å²) in [6, 6.07) is 0. The number of hydrogen-bond acceptors (Lipinski definition) is 4. The third-order valence-electron chi connectivity index (χ3n) is 2.63. The molecule has 0 fully saturated rings. The number of carboxylic acid groups (broad SMARTS) is 1. The van der Waals surface area contributed by atoms with Crippen LogP contribution in [-0.4, -0.2) is 35.6 Å². The Hall–Kier alpha value is -2.32. The number of carboxylic acids is 1. The minimum atomic E-state index is -2.70. The van der Waals surface area contributed by atoms with Gasteiger partial charge < -0.3 is 5.11 Å². The first kappa shape index (κ1) is 13.1. The molecule has 0 amide bonds. The Labute approximate surface area is 106 Å². The maximum atomic E-state index is 12.7. The maximum absolute atomic E-state index is 12.7. The van der Waals surface area contributed by atoms with E-state index >= 15 is 0 Å². The largest absolute Gasteiger partial charge is 0.476 e. The van der Waals surface area contributed by atoms with Gasteiger partial charge in [-0.2, -0.15) is 8.78 Å². The predicted molar refractivity (Wildman–Crippen MR) is 58.9 cm³/mol. The van der Waals surface area contributed by atoms with Gasteiger partial charge in [0.05, 0.1) is 5.69 Å². The SMILES string of the molecule is CCc1c(C(=O)O)nnn1Cc1nccn1C(F)F. The van der Waals surface area contributed by atoms with Crippen LogP contribution in [0.1, 0.15) is 35.5 Å². The fraction of sp³-hybridized carbons (Fsp3) is 0.400. The third-order valence-corrected chi connectivity index (χ3v) is 2.63. The number of hydrogen-bond donors (Lipinski definition) is 1. The number of nitrogens with zero attached hydrogens (tertiary/aromatic N) is 5. The molecule has 0 aliphatic rings. The second-order valence-electron chi connectivity index (χ2n) is 3.73. The molecule has 7 nitrogen and oxygen atoms in total. The third kappa shape index (κ3) is 2.44. The topological polar surface area (TPSA) is 85.8 Å². The molecule has 2 heterocycles. The zero-order chi connectivity index (χ0) is 14.0. The van der Waals surface area contributed by atoms with E-state index in [0.29, 0.717) is 16.7 Å². The fourth-order valence-corrected chi connectivity index (χ4v) is 1.75. The standard InChI is InChI=1S/C10H11F2N5O2/c1-2-6-8(9(18)19)14-15-17(6)5-7-13-3-4-16(7)10(11)12/h3-4,10H,2,5H2,1H3,(H,18,19). The van der Waals surface area contributed by atoms with E-state index in [2.05, 4.69) is 15.3 Å². The highest BCUT2D eigenvalue weighted by molar-refractivity contribution is 5.86. The highest BCUT2D eigenvalue weighted by atomic mass is 19.3. The molecule has 0 atom stereocenters. The molecule has 2 aromatic rings. The van der Waals surface area contributed by atoms with Crippen molar-refractivity contribution in [2.45, 2.75) is 26.4 Å². The summed E-state index contributed by atoms with van der Waals surface area (Å²) >= 11 is 0. The van der Waals surface area contributed by atoms with Crippen molar-refractivity contribution in [1.29, 1.82) is 0 Å². The summed E-state index contributed by atoms with van der Waals surface area (Å²) in [5.41, 5.74) is 0.203. The Kier molecular flexibility index (Phi) is 3.54. The lowest BCUT2D eigenvalue weighted by molar-refractivity contribution is 0.0661. The molecule has 2 rings (SSSR count). The Morgan fingerprint density at radius 3 is 2.84 bits per heavy atom. The first-order valence-corrected chi connectivity index (χ1v) is 5.50. The van der Waals surface area contributed by atoms with Crippen LogP contribution in [0.25, 0.3) is 0 Å². The van der Waals surface area contributed by atoms with E-state index in [9.17, 15) is 13.6 Å². The lowest BCUT2D eigenvalue weighted by atomic mass is 10.2. The van der Waals surface area contributed by atoms with Crippen molar-refractivity contribution in [1.82, 2.24) is 24.5 Å². The van der Waals surface area contributed by atoms with E-state index in [-0.39, 0.29) is 18.1 Å². The first-order chi connectivity index (χ1) is 9.04. The molecule has 19 heavy (non-hydrogen) atoms. The van der Waals surface area contributed by atoms with Gasteiger partial charge in [-0.05, 0) is 6.42 Å². The van der Waals surface area contributed by atoms with E-state index < -0.39 is 12.5 Å². The van der Waals surface area contributed by atoms with Gasteiger partial charge in [0.2, 0.25) is 0 Å². The normalized spacial score (nSPS) is 11.2. The number of halogens is 2. The zero-order valence-corrected chi connectivity index (χ0v) is 9.99. The van der Waals surface area contributed by atoms with Gasteiger partial charge in [-0.1, -0.05) is 12.1 Å². The Morgan fingerprint density at radius 2 is 2.26 bits per heavy atom. The van der Waals surface area contributed by atoms with Crippen LogP contribution in [0.15, 0.2) is 12.4 Å². The molecular formula is C10H11F2N5O2. The van der Waals surface area contributed by atoms with Gasteiger partial charge in [-0.15, -0.1) is 5.10 Å². The van der Waals surface area contributed by atoms with E-state index in [0.717, 1.165) is 6.20 Å². The summed E-state index contributed by atoms with van der Waals surface area (Å²) in [5.74, 6) is -1.10. The Morgan fingerprint density at radius 1 is 1.53 bits per heavy atom. The lowest BCUT2D eigenvalue weighted by Crippen LogP contribution is -2.13. The molecule has 0 bridgehead atoms. The second-order valence-corrected chi connectivity index (χ2v) is 3.73. The van der Waals surface area contributed by atoms with Gasteiger partial charge in [-0.25, -0.2) is 14.5 Å². The van der Waals surface area contributed by atoms with Crippen molar-refractivity contribution < 1.29 is 18.7 Å². The fourth-order valence-electron chi connectivity index (χ4n) is 1.75. The average molecular weight is 271 g/mol. The monoisotopic (exact) mass is 271 g/mol.